The van der Waals surface area contributed by atoms with Crippen molar-refractivity contribution in [3.63, 3.8) is 0 Å². The number of nitrogens with one attached hydrogen (secondary N) is 1. The Kier molecular flexibility index (Phi) is 3.29. The summed E-state index contributed by atoms with van der Waals surface area (Å²) >= 11 is 0. The summed E-state index contributed by atoms with van der Waals surface area (Å²) in [6.07, 6.45) is 3.21. The molecule has 0 spiro atoms. The first kappa shape index (κ1) is 10.9. The van der Waals surface area contributed by atoms with E-state index in [9.17, 15) is 4.79 Å². The molecule has 0 aliphatic carbocycles. The van der Waals surface area contributed by atoms with E-state index in [1.54, 1.807) is 0 Å². The highest BCUT2D eigenvalue weighted by Gasteiger charge is 2.34. The normalized spacial score (nSPS) is 34.5. The average molecular weight is 210 g/mol. The van der Waals surface area contributed by atoms with Gasteiger partial charge in [-0.2, -0.15) is 0 Å². The molecule has 2 bridgehead atoms. The van der Waals surface area contributed by atoms with E-state index in [1.807, 2.05) is 0 Å². The standard InChI is InChI=1S/C12H22N2O/c1-9(2)7-12(15)13-11-8-14-5-3-10(11)4-6-14/h9-11H,3-8H2,1-2H3,(H,13,15). The van der Waals surface area contributed by atoms with Crippen molar-refractivity contribution in [2.75, 3.05) is 19.6 Å². The SMILES string of the molecule is CC(C)CC(=O)NC1CN2CCC1CC2. The van der Waals surface area contributed by atoms with Gasteiger partial charge in [0.15, 0.2) is 0 Å². The number of fused-ring (bicyclic) bond motifs is 3. The van der Waals surface area contributed by atoms with Crippen molar-refractivity contribution in [2.24, 2.45) is 11.8 Å². The second kappa shape index (κ2) is 4.52. The molecule has 0 aromatic carbocycles. The lowest BCUT2D eigenvalue weighted by Gasteiger charge is -2.45. The van der Waals surface area contributed by atoms with Crippen LogP contribution in [0.5, 0.6) is 0 Å². The van der Waals surface area contributed by atoms with E-state index in [0.29, 0.717) is 18.4 Å². The fourth-order valence-corrected chi connectivity index (χ4v) is 2.77. The molecule has 3 saturated heterocycles. The number of amides is 1. The number of carbonyl (C=O) groups excluding carboxylic acids is 1. The molecule has 3 aliphatic rings. The summed E-state index contributed by atoms with van der Waals surface area (Å²) in [6.45, 7) is 7.74. The molecule has 0 aromatic rings. The molecule has 3 rings (SSSR count). The minimum Gasteiger partial charge on any atom is -0.352 e. The van der Waals surface area contributed by atoms with Crippen molar-refractivity contribution in [2.45, 2.75) is 39.2 Å². The molecule has 1 unspecified atom stereocenters. The molecule has 1 amide bonds. The van der Waals surface area contributed by atoms with Gasteiger partial charge in [-0.3, -0.25) is 4.79 Å². The molecular formula is C12H22N2O. The Morgan fingerprint density at radius 1 is 1.40 bits per heavy atom. The topological polar surface area (TPSA) is 32.3 Å². The van der Waals surface area contributed by atoms with Gasteiger partial charge in [-0.05, 0) is 37.8 Å². The van der Waals surface area contributed by atoms with Crippen LogP contribution < -0.4 is 5.32 Å². The maximum absolute atomic E-state index is 11.7. The number of piperidine rings is 3. The van der Waals surface area contributed by atoms with Crippen molar-refractivity contribution in [1.29, 1.82) is 0 Å². The van der Waals surface area contributed by atoms with Gasteiger partial charge in [0.05, 0.1) is 0 Å². The molecule has 1 atom stereocenters. The zero-order valence-electron chi connectivity index (χ0n) is 9.83. The molecule has 1 N–H and O–H groups in total. The third kappa shape index (κ3) is 2.71. The quantitative estimate of drug-likeness (QED) is 0.760. The van der Waals surface area contributed by atoms with E-state index >= 15 is 0 Å². The summed E-state index contributed by atoms with van der Waals surface area (Å²) < 4.78 is 0. The second-order valence-corrected chi connectivity index (χ2v) is 5.41. The number of rotatable bonds is 3. The van der Waals surface area contributed by atoms with Gasteiger partial charge in [0.25, 0.3) is 0 Å². The van der Waals surface area contributed by atoms with Crippen LogP contribution in [0.15, 0.2) is 0 Å². The lowest BCUT2D eigenvalue weighted by Crippen LogP contribution is -2.57. The van der Waals surface area contributed by atoms with Crippen LogP contribution in [0.25, 0.3) is 0 Å². The highest BCUT2D eigenvalue weighted by Crippen LogP contribution is 2.27. The van der Waals surface area contributed by atoms with Crippen LogP contribution in [0.2, 0.25) is 0 Å². The van der Waals surface area contributed by atoms with Crippen molar-refractivity contribution in [3.05, 3.63) is 0 Å². The molecular weight excluding hydrogens is 188 g/mol. The number of nitrogens with zero attached hydrogens (tertiary/aromatic N) is 1. The Balaban J connectivity index is 1.82. The maximum Gasteiger partial charge on any atom is 0.220 e. The minimum atomic E-state index is 0.240. The van der Waals surface area contributed by atoms with Crippen molar-refractivity contribution < 1.29 is 4.79 Å². The first-order valence-corrected chi connectivity index (χ1v) is 6.17. The summed E-state index contributed by atoms with van der Waals surface area (Å²) in [5, 5.41) is 3.20. The van der Waals surface area contributed by atoms with Gasteiger partial charge in [-0.1, -0.05) is 13.8 Å². The zero-order valence-corrected chi connectivity index (χ0v) is 9.83. The Labute approximate surface area is 92.2 Å². The van der Waals surface area contributed by atoms with Gasteiger partial charge in [-0.15, -0.1) is 0 Å². The minimum absolute atomic E-state index is 0.240. The predicted molar refractivity (Wildman–Crippen MR) is 60.5 cm³/mol. The van der Waals surface area contributed by atoms with Gasteiger partial charge in [0, 0.05) is 19.0 Å². The highest BCUT2D eigenvalue weighted by atomic mass is 16.1. The molecule has 3 heterocycles. The van der Waals surface area contributed by atoms with Crippen LogP contribution in [-0.4, -0.2) is 36.5 Å². The maximum atomic E-state index is 11.7. The van der Waals surface area contributed by atoms with Gasteiger partial charge in [0.2, 0.25) is 5.91 Å². The number of hydrogen-bond donors (Lipinski definition) is 1. The molecule has 0 saturated carbocycles. The third-order valence-corrected chi connectivity index (χ3v) is 3.60. The van der Waals surface area contributed by atoms with Gasteiger partial charge >= 0.3 is 0 Å². The molecule has 3 aliphatic heterocycles. The Hall–Kier alpha value is -0.570. The summed E-state index contributed by atoms with van der Waals surface area (Å²) in [6, 6.07) is 0.429. The Morgan fingerprint density at radius 3 is 2.53 bits per heavy atom. The molecule has 15 heavy (non-hydrogen) atoms. The van der Waals surface area contributed by atoms with E-state index in [4.69, 9.17) is 0 Å². The van der Waals surface area contributed by atoms with Crippen LogP contribution in [0.4, 0.5) is 0 Å². The lowest BCUT2D eigenvalue weighted by molar-refractivity contribution is -0.123. The molecule has 3 nitrogen and oxygen atoms in total. The average Bonchev–Trinajstić information content (AvgIpc) is 2.17. The Morgan fingerprint density at radius 2 is 2.07 bits per heavy atom. The first-order valence-electron chi connectivity index (χ1n) is 6.17. The van der Waals surface area contributed by atoms with Gasteiger partial charge < -0.3 is 10.2 Å². The summed E-state index contributed by atoms with van der Waals surface area (Å²) in [5.41, 5.74) is 0. The third-order valence-electron chi connectivity index (χ3n) is 3.60. The van der Waals surface area contributed by atoms with E-state index in [2.05, 4.69) is 24.1 Å². The van der Waals surface area contributed by atoms with Crippen LogP contribution in [0.3, 0.4) is 0 Å². The highest BCUT2D eigenvalue weighted by molar-refractivity contribution is 5.76. The summed E-state index contributed by atoms with van der Waals surface area (Å²) in [5.74, 6) is 1.45. The van der Waals surface area contributed by atoms with Gasteiger partial charge in [-0.25, -0.2) is 0 Å². The fourth-order valence-electron chi connectivity index (χ4n) is 2.77. The summed E-state index contributed by atoms with van der Waals surface area (Å²) in [7, 11) is 0. The lowest BCUT2D eigenvalue weighted by atomic mass is 9.84. The second-order valence-electron chi connectivity index (χ2n) is 5.41. The molecule has 3 fully saturated rings. The Bertz CT molecular complexity index is 232. The molecule has 86 valence electrons. The van der Waals surface area contributed by atoms with Gasteiger partial charge in [0.1, 0.15) is 0 Å². The zero-order chi connectivity index (χ0) is 10.8. The number of hydrogen-bond acceptors (Lipinski definition) is 2. The molecule has 0 aromatic heterocycles. The van der Waals surface area contributed by atoms with E-state index in [1.165, 1.54) is 25.9 Å². The molecule has 3 heteroatoms. The van der Waals surface area contributed by atoms with Crippen LogP contribution in [-0.2, 0) is 4.79 Å². The smallest absolute Gasteiger partial charge is 0.220 e. The van der Waals surface area contributed by atoms with Crippen LogP contribution in [0, 0.1) is 11.8 Å². The van der Waals surface area contributed by atoms with Crippen LogP contribution >= 0.6 is 0 Å². The monoisotopic (exact) mass is 210 g/mol. The van der Waals surface area contributed by atoms with Crippen molar-refractivity contribution in [1.82, 2.24) is 10.2 Å². The van der Waals surface area contributed by atoms with Crippen molar-refractivity contribution >= 4 is 5.91 Å². The first-order chi connectivity index (χ1) is 7.15. The van der Waals surface area contributed by atoms with Crippen molar-refractivity contribution in [3.8, 4) is 0 Å². The molecule has 0 radical (unpaired) electrons. The van der Waals surface area contributed by atoms with E-state index < -0.39 is 0 Å². The number of carbonyl (C=O) groups is 1. The fraction of sp³-hybridized carbons (Fsp3) is 0.917. The summed E-state index contributed by atoms with van der Waals surface area (Å²) in [4.78, 5) is 14.1. The van der Waals surface area contributed by atoms with Crippen LogP contribution in [0.1, 0.15) is 33.1 Å². The largest absolute Gasteiger partial charge is 0.352 e. The predicted octanol–water partition coefficient (Wildman–Crippen LogP) is 1.24. The van der Waals surface area contributed by atoms with E-state index in [-0.39, 0.29) is 5.91 Å². The van der Waals surface area contributed by atoms with E-state index in [0.717, 1.165) is 12.5 Å².